The van der Waals surface area contributed by atoms with Gasteiger partial charge in [0.15, 0.2) is 17.3 Å². The van der Waals surface area contributed by atoms with E-state index in [-0.39, 0.29) is 0 Å². The van der Waals surface area contributed by atoms with Crippen molar-refractivity contribution in [1.29, 1.82) is 0 Å². The third-order valence-corrected chi connectivity index (χ3v) is 3.53. The minimum Gasteiger partial charge on any atom is -0.486 e. The maximum absolute atomic E-state index is 5.58. The average molecular weight is 272 g/mol. The molecule has 0 atom stereocenters. The van der Waals surface area contributed by atoms with E-state index < -0.39 is 0 Å². The third-order valence-electron chi connectivity index (χ3n) is 3.53. The van der Waals surface area contributed by atoms with Gasteiger partial charge < -0.3 is 19.3 Å². The summed E-state index contributed by atoms with van der Waals surface area (Å²) < 4.78 is 16.5. The number of hydrogen-bond donors (Lipinski definition) is 1. The first kappa shape index (κ1) is 11.8. The Bertz CT molecular complexity index is 619. The van der Waals surface area contributed by atoms with Crippen molar-refractivity contribution in [1.82, 2.24) is 10.5 Å². The Morgan fingerprint density at radius 2 is 1.95 bits per heavy atom. The summed E-state index contributed by atoms with van der Waals surface area (Å²) in [5, 5.41) is 7.52. The monoisotopic (exact) mass is 272 g/mol. The van der Waals surface area contributed by atoms with E-state index in [9.17, 15) is 0 Å². The van der Waals surface area contributed by atoms with Crippen LogP contribution >= 0.6 is 0 Å². The number of fused-ring (bicyclic) bond motifs is 1. The number of hydrogen-bond acceptors (Lipinski definition) is 5. The number of aromatic nitrogens is 1. The molecule has 1 fully saturated rings. The Morgan fingerprint density at radius 3 is 2.80 bits per heavy atom. The fourth-order valence-corrected chi connectivity index (χ4v) is 2.26. The van der Waals surface area contributed by atoms with E-state index in [2.05, 4.69) is 10.5 Å². The Hall–Kier alpha value is -2.01. The van der Waals surface area contributed by atoms with Gasteiger partial charge in [-0.05, 0) is 31.0 Å². The first-order chi connectivity index (χ1) is 9.88. The van der Waals surface area contributed by atoms with Crippen molar-refractivity contribution in [3.8, 4) is 22.8 Å². The molecule has 0 radical (unpaired) electrons. The van der Waals surface area contributed by atoms with E-state index in [1.165, 1.54) is 12.8 Å². The molecule has 0 spiro atoms. The van der Waals surface area contributed by atoms with Crippen LogP contribution in [0.4, 0.5) is 0 Å². The lowest BCUT2D eigenvalue weighted by atomic mass is 10.1. The lowest BCUT2D eigenvalue weighted by Gasteiger charge is -2.18. The molecule has 0 saturated heterocycles. The minimum absolute atomic E-state index is 0.587. The summed E-state index contributed by atoms with van der Waals surface area (Å²) >= 11 is 0. The molecule has 0 amide bonds. The van der Waals surface area contributed by atoms with Gasteiger partial charge in [0, 0.05) is 24.2 Å². The first-order valence-corrected chi connectivity index (χ1v) is 6.97. The summed E-state index contributed by atoms with van der Waals surface area (Å²) in [7, 11) is 0. The predicted molar refractivity (Wildman–Crippen MR) is 72.8 cm³/mol. The van der Waals surface area contributed by atoms with E-state index in [0.29, 0.717) is 19.3 Å². The number of rotatable bonds is 4. The van der Waals surface area contributed by atoms with Crippen LogP contribution < -0.4 is 14.8 Å². The van der Waals surface area contributed by atoms with Gasteiger partial charge in [-0.2, -0.15) is 0 Å². The number of benzene rings is 1. The Balaban J connectivity index is 1.53. The van der Waals surface area contributed by atoms with E-state index in [1.54, 1.807) is 0 Å². The van der Waals surface area contributed by atoms with Crippen molar-refractivity contribution in [2.45, 2.75) is 25.4 Å². The second-order valence-corrected chi connectivity index (χ2v) is 5.20. The summed E-state index contributed by atoms with van der Waals surface area (Å²) in [6.07, 6.45) is 2.54. The standard InChI is InChI=1S/C15H16N2O3/c1-4-13-15(19-6-5-18-13)7-10(1)14-8-12(17-20-14)9-16-11-2-3-11/h1,4,7-8,11,16H,2-3,5-6,9H2. The highest BCUT2D eigenvalue weighted by Crippen LogP contribution is 2.34. The van der Waals surface area contributed by atoms with Crippen LogP contribution in [0, 0.1) is 0 Å². The van der Waals surface area contributed by atoms with Gasteiger partial charge in [-0.1, -0.05) is 5.16 Å². The van der Waals surface area contributed by atoms with Crippen molar-refractivity contribution < 1.29 is 14.0 Å². The molecule has 1 aliphatic heterocycles. The fourth-order valence-electron chi connectivity index (χ4n) is 2.26. The average Bonchev–Trinajstić information content (AvgIpc) is 3.21. The van der Waals surface area contributed by atoms with Crippen molar-refractivity contribution >= 4 is 0 Å². The quantitative estimate of drug-likeness (QED) is 0.926. The summed E-state index contributed by atoms with van der Waals surface area (Å²) in [6.45, 7) is 1.95. The zero-order valence-corrected chi connectivity index (χ0v) is 11.1. The molecule has 4 rings (SSSR count). The van der Waals surface area contributed by atoms with Crippen molar-refractivity contribution in [2.24, 2.45) is 0 Å². The molecule has 1 aromatic heterocycles. The minimum atomic E-state index is 0.587. The molecule has 1 saturated carbocycles. The molecule has 2 aromatic rings. The molecule has 20 heavy (non-hydrogen) atoms. The molecule has 1 aromatic carbocycles. The molecular formula is C15H16N2O3. The van der Waals surface area contributed by atoms with E-state index in [4.69, 9.17) is 14.0 Å². The molecule has 2 aliphatic rings. The number of ether oxygens (including phenoxy) is 2. The Kier molecular flexibility index (Phi) is 2.85. The van der Waals surface area contributed by atoms with Crippen molar-refractivity contribution in [3.05, 3.63) is 30.0 Å². The van der Waals surface area contributed by atoms with Crippen LogP contribution in [0.5, 0.6) is 11.5 Å². The maximum Gasteiger partial charge on any atom is 0.167 e. The van der Waals surface area contributed by atoms with Crippen LogP contribution in [0.2, 0.25) is 0 Å². The highest BCUT2D eigenvalue weighted by atomic mass is 16.6. The van der Waals surface area contributed by atoms with Gasteiger partial charge in [-0.3, -0.25) is 0 Å². The molecule has 1 N–H and O–H groups in total. The van der Waals surface area contributed by atoms with Crippen LogP contribution in [0.25, 0.3) is 11.3 Å². The van der Waals surface area contributed by atoms with Crippen LogP contribution in [-0.4, -0.2) is 24.4 Å². The Morgan fingerprint density at radius 1 is 1.10 bits per heavy atom. The Labute approximate surface area is 116 Å². The topological polar surface area (TPSA) is 56.5 Å². The molecule has 0 bridgehead atoms. The van der Waals surface area contributed by atoms with Gasteiger partial charge in [-0.25, -0.2) is 0 Å². The van der Waals surface area contributed by atoms with Gasteiger partial charge in [0.05, 0.1) is 5.69 Å². The van der Waals surface area contributed by atoms with E-state index in [0.717, 1.165) is 35.1 Å². The van der Waals surface area contributed by atoms with Gasteiger partial charge in [0.1, 0.15) is 13.2 Å². The lowest BCUT2D eigenvalue weighted by molar-refractivity contribution is 0.171. The fraction of sp³-hybridized carbons (Fsp3) is 0.400. The van der Waals surface area contributed by atoms with Gasteiger partial charge in [0.2, 0.25) is 0 Å². The van der Waals surface area contributed by atoms with Crippen molar-refractivity contribution in [2.75, 3.05) is 13.2 Å². The normalized spacial score (nSPS) is 17.2. The molecule has 1 aliphatic carbocycles. The zero-order chi connectivity index (χ0) is 13.4. The number of nitrogens with zero attached hydrogens (tertiary/aromatic N) is 1. The maximum atomic E-state index is 5.58. The molecule has 0 unspecified atom stereocenters. The second-order valence-electron chi connectivity index (χ2n) is 5.20. The van der Waals surface area contributed by atoms with Gasteiger partial charge in [-0.15, -0.1) is 0 Å². The largest absolute Gasteiger partial charge is 0.486 e. The highest BCUT2D eigenvalue weighted by molar-refractivity contribution is 5.63. The molecule has 5 heteroatoms. The van der Waals surface area contributed by atoms with Crippen LogP contribution in [0.3, 0.4) is 0 Å². The lowest BCUT2D eigenvalue weighted by Crippen LogP contribution is -2.15. The zero-order valence-electron chi connectivity index (χ0n) is 11.1. The number of nitrogens with one attached hydrogen (secondary N) is 1. The molecule has 2 heterocycles. The predicted octanol–water partition coefficient (Wildman–Crippen LogP) is 2.36. The van der Waals surface area contributed by atoms with Gasteiger partial charge in [0.25, 0.3) is 0 Å². The van der Waals surface area contributed by atoms with Crippen LogP contribution in [-0.2, 0) is 6.54 Å². The van der Waals surface area contributed by atoms with E-state index >= 15 is 0 Å². The van der Waals surface area contributed by atoms with Crippen LogP contribution in [0.15, 0.2) is 28.8 Å². The summed E-state index contributed by atoms with van der Waals surface area (Å²) in [6, 6.07) is 8.46. The summed E-state index contributed by atoms with van der Waals surface area (Å²) in [4.78, 5) is 0. The molecule has 5 nitrogen and oxygen atoms in total. The summed E-state index contributed by atoms with van der Waals surface area (Å²) in [5.41, 5.74) is 1.89. The second kappa shape index (κ2) is 4.83. The molecule has 104 valence electrons. The third kappa shape index (κ3) is 2.36. The summed E-state index contributed by atoms with van der Waals surface area (Å²) in [5.74, 6) is 2.31. The van der Waals surface area contributed by atoms with E-state index in [1.807, 2.05) is 24.3 Å². The van der Waals surface area contributed by atoms with Crippen LogP contribution in [0.1, 0.15) is 18.5 Å². The first-order valence-electron chi connectivity index (χ1n) is 6.97. The SMILES string of the molecule is c1cc2c(cc1-c1cc(CNC3CC3)no1)OCCO2. The highest BCUT2D eigenvalue weighted by Gasteiger charge is 2.21. The van der Waals surface area contributed by atoms with Crippen molar-refractivity contribution in [3.63, 3.8) is 0 Å². The molecular weight excluding hydrogens is 256 g/mol. The smallest absolute Gasteiger partial charge is 0.167 e. The van der Waals surface area contributed by atoms with Gasteiger partial charge >= 0.3 is 0 Å².